The highest BCUT2D eigenvalue weighted by molar-refractivity contribution is 6.31. The number of carbonyl (C=O) groups excluding carboxylic acids is 2. The minimum atomic E-state index is -4.98. The van der Waals surface area contributed by atoms with Crippen LogP contribution >= 0.6 is 11.6 Å². The SMILES string of the molecule is CCn1c(=O)n(CC(F)F)c2cc(NC(=O)c3cc(F)cc(C(F)(F)F)c3)c3c(c21)C(=O)NC3c1cc(F)ccc1Cl. The maximum absolute atomic E-state index is 14.2. The van der Waals surface area contributed by atoms with Gasteiger partial charge in [0.25, 0.3) is 18.2 Å². The molecule has 1 aliphatic heterocycles. The van der Waals surface area contributed by atoms with Crippen LogP contribution in [0.5, 0.6) is 0 Å². The van der Waals surface area contributed by atoms with Crippen molar-refractivity contribution in [3.8, 4) is 0 Å². The summed E-state index contributed by atoms with van der Waals surface area (Å²) >= 11 is 6.29. The van der Waals surface area contributed by atoms with Crippen LogP contribution in [0.3, 0.4) is 0 Å². The first-order valence-electron chi connectivity index (χ1n) is 12.2. The van der Waals surface area contributed by atoms with E-state index in [4.69, 9.17) is 11.6 Å². The minimum absolute atomic E-state index is 0.00461. The van der Waals surface area contributed by atoms with Crippen LogP contribution in [0.15, 0.2) is 47.3 Å². The van der Waals surface area contributed by atoms with Crippen LogP contribution in [0.2, 0.25) is 5.02 Å². The summed E-state index contributed by atoms with van der Waals surface area (Å²) in [5.41, 5.74) is -3.88. The maximum atomic E-state index is 14.2. The molecule has 42 heavy (non-hydrogen) atoms. The van der Waals surface area contributed by atoms with Crippen molar-refractivity contribution in [2.24, 2.45) is 0 Å². The molecule has 0 bridgehead atoms. The fraction of sp³-hybridized carbons (Fsp3) is 0.222. The maximum Gasteiger partial charge on any atom is 0.416 e. The van der Waals surface area contributed by atoms with Crippen LogP contribution in [0, 0.1) is 11.6 Å². The fourth-order valence-corrected chi connectivity index (χ4v) is 5.29. The largest absolute Gasteiger partial charge is 0.416 e. The zero-order valence-corrected chi connectivity index (χ0v) is 22.0. The van der Waals surface area contributed by atoms with Crippen molar-refractivity contribution >= 4 is 40.1 Å². The van der Waals surface area contributed by atoms with Crippen molar-refractivity contribution in [2.45, 2.75) is 38.7 Å². The number of nitrogens with one attached hydrogen (secondary N) is 2. The number of nitrogens with zero attached hydrogens (tertiary/aromatic N) is 2. The van der Waals surface area contributed by atoms with Gasteiger partial charge in [-0.15, -0.1) is 0 Å². The van der Waals surface area contributed by atoms with Gasteiger partial charge in [-0.1, -0.05) is 11.6 Å². The predicted molar refractivity (Wildman–Crippen MR) is 138 cm³/mol. The van der Waals surface area contributed by atoms with Gasteiger partial charge in [0.1, 0.15) is 11.6 Å². The number of hydrogen-bond donors (Lipinski definition) is 2. The van der Waals surface area contributed by atoms with Gasteiger partial charge in [0.15, 0.2) is 0 Å². The number of imidazole rings is 1. The molecule has 220 valence electrons. The third-order valence-corrected chi connectivity index (χ3v) is 7.12. The van der Waals surface area contributed by atoms with Crippen molar-refractivity contribution < 1.29 is 40.3 Å². The van der Waals surface area contributed by atoms with E-state index in [-0.39, 0.29) is 51.0 Å². The van der Waals surface area contributed by atoms with Gasteiger partial charge in [0.2, 0.25) is 0 Å². The zero-order valence-electron chi connectivity index (χ0n) is 21.3. The first-order valence-corrected chi connectivity index (χ1v) is 12.6. The highest BCUT2D eigenvalue weighted by Crippen LogP contribution is 2.43. The van der Waals surface area contributed by atoms with Crippen LogP contribution in [-0.4, -0.2) is 27.4 Å². The van der Waals surface area contributed by atoms with Gasteiger partial charge < -0.3 is 10.6 Å². The number of rotatable bonds is 6. The number of anilines is 1. The van der Waals surface area contributed by atoms with Crippen LogP contribution in [0.1, 0.15) is 50.4 Å². The number of benzene rings is 3. The average Bonchev–Trinajstić information content (AvgIpc) is 3.38. The van der Waals surface area contributed by atoms with E-state index in [1.54, 1.807) is 0 Å². The molecule has 1 aliphatic rings. The molecular weight excluding hydrogens is 597 g/mol. The number of fused-ring (bicyclic) bond motifs is 3. The van der Waals surface area contributed by atoms with Crippen LogP contribution < -0.4 is 16.3 Å². The molecule has 15 heteroatoms. The van der Waals surface area contributed by atoms with E-state index in [1.165, 1.54) is 13.0 Å². The van der Waals surface area contributed by atoms with Crippen molar-refractivity contribution in [3.63, 3.8) is 0 Å². The van der Waals surface area contributed by atoms with E-state index in [1.807, 2.05) is 0 Å². The van der Waals surface area contributed by atoms with Gasteiger partial charge in [-0.25, -0.2) is 22.4 Å². The molecule has 7 nitrogen and oxygen atoms in total. The van der Waals surface area contributed by atoms with Gasteiger partial charge in [-0.05, 0) is 49.4 Å². The molecule has 2 N–H and O–H groups in total. The summed E-state index contributed by atoms with van der Waals surface area (Å²) < 4.78 is 96.9. The zero-order chi connectivity index (χ0) is 30.7. The third kappa shape index (κ3) is 4.99. The topological polar surface area (TPSA) is 85.1 Å². The number of carbonyl (C=O) groups is 2. The molecule has 0 saturated heterocycles. The lowest BCUT2D eigenvalue weighted by atomic mass is 9.95. The lowest BCUT2D eigenvalue weighted by molar-refractivity contribution is -0.137. The molecule has 0 saturated carbocycles. The Balaban J connectivity index is 1.79. The number of amides is 2. The van der Waals surface area contributed by atoms with E-state index in [2.05, 4.69) is 10.6 Å². The monoisotopic (exact) mass is 614 g/mol. The average molecular weight is 615 g/mol. The van der Waals surface area contributed by atoms with Crippen molar-refractivity contribution in [3.05, 3.63) is 97.4 Å². The molecule has 1 unspecified atom stereocenters. The molecule has 1 atom stereocenters. The summed E-state index contributed by atoms with van der Waals surface area (Å²) in [4.78, 5) is 39.6. The van der Waals surface area contributed by atoms with E-state index in [0.717, 1.165) is 22.8 Å². The van der Waals surface area contributed by atoms with Crippen molar-refractivity contribution in [2.75, 3.05) is 5.32 Å². The highest BCUT2D eigenvalue weighted by atomic mass is 35.5. The third-order valence-electron chi connectivity index (χ3n) is 6.78. The molecule has 4 aromatic rings. The molecule has 3 aromatic carbocycles. The first-order chi connectivity index (χ1) is 19.7. The summed E-state index contributed by atoms with van der Waals surface area (Å²) in [6.45, 7) is 0.408. The molecule has 0 aliphatic carbocycles. The van der Waals surface area contributed by atoms with Crippen LogP contribution in [0.25, 0.3) is 11.0 Å². The standard InChI is InChI=1S/C27H18ClF7N4O3/c1-2-38-23-18(39(26(38)42)10-19(31)32)9-17(36-24(40)11-5-12(27(33,34)35)7-14(30)6-11)20-21(23)25(41)37-22(20)15-8-13(29)3-4-16(15)28/h3-9,19,22H,2,10H2,1H3,(H,36,40)(H,37,41). The van der Waals surface area contributed by atoms with Crippen LogP contribution in [-0.2, 0) is 19.3 Å². The second-order valence-corrected chi connectivity index (χ2v) is 9.77. The second-order valence-electron chi connectivity index (χ2n) is 9.36. The number of aryl methyl sites for hydroxylation is 1. The minimum Gasteiger partial charge on any atom is -0.341 e. The highest BCUT2D eigenvalue weighted by Gasteiger charge is 2.39. The van der Waals surface area contributed by atoms with Gasteiger partial charge in [-0.3, -0.25) is 18.7 Å². The molecule has 2 heterocycles. The predicted octanol–water partition coefficient (Wildman–Crippen LogP) is 6.12. The normalized spacial score (nSPS) is 14.9. The number of halogens is 8. The first kappa shape index (κ1) is 29.2. The number of hydrogen-bond acceptors (Lipinski definition) is 3. The molecule has 0 fully saturated rings. The fourth-order valence-electron chi connectivity index (χ4n) is 5.06. The Morgan fingerprint density at radius 1 is 1.05 bits per heavy atom. The Bertz CT molecular complexity index is 1830. The van der Waals surface area contributed by atoms with E-state index >= 15 is 0 Å². The molecule has 0 spiro atoms. The lowest BCUT2D eigenvalue weighted by Gasteiger charge is -2.19. The summed E-state index contributed by atoms with van der Waals surface area (Å²) in [6.07, 6.45) is -7.98. The summed E-state index contributed by atoms with van der Waals surface area (Å²) in [5.74, 6) is -4.17. The molecule has 5 rings (SSSR count). The smallest absolute Gasteiger partial charge is 0.341 e. The van der Waals surface area contributed by atoms with Crippen LogP contribution in [0.4, 0.5) is 36.4 Å². The molecule has 2 amide bonds. The summed E-state index contributed by atoms with van der Waals surface area (Å²) in [5, 5.41) is 4.90. The van der Waals surface area contributed by atoms with Gasteiger partial charge in [0.05, 0.1) is 34.7 Å². The Labute approximate surface area is 236 Å². The van der Waals surface area contributed by atoms with Gasteiger partial charge in [-0.2, -0.15) is 13.2 Å². The molecule has 1 aromatic heterocycles. The molecular formula is C27H18ClF7N4O3. The Morgan fingerprint density at radius 2 is 1.76 bits per heavy atom. The second kappa shape index (κ2) is 10.5. The van der Waals surface area contributed by atoms with Crippen molar-refractivity contribution in [1.29, 1.82) is 0 Å². The number of alkyl halides is 5. The Morgan fingerprint density at radius 3 is 2.40 bits per heavy atom. The summed E-state index contributed by atoms with van der Waals surface area (Å²) in [6, 6.07) is 4.28. The molecule has 0 radical (unpaired) electrons. The number of aromatic nitrogens is 2. The van der Waals surface area contributed by atoms with Crippen molar-refractivity contribution in [1.82, 2.24) is 14.5 Å². The quantitative estimate of drug-likeness (QED) is 0.257. The van der Waals surface area contributed by atoms with Gasteiger partial charge in [0, 0.05) is 33.9 Å². The van der Waals surface area contributed by atoms with E-state index in [0.29, 0.717) is 16.7 Å². The lowest BCUT2D eigenvalue weighted by Crippen LogP contribution is -2.26. The summed E-state index contributed by atoms with van der Waals surface area (Å²) in [7, 11) is 0. The Hall–Kier alpha value is -4.33. The van der Waals surface area contributed by atoms with E-state index in [9.17, 15) is 45.1 Å². The van der Waals surface area contributed by atoms with E-state index < -0.39 is 65.5 Å². The Kier molecular flexibility index (Phi) is 7.29. The van der Waals surface area contributed by atoms with Gasteiger partial charge >= 0.3 is 11.9 Å².